The van der Waals surface area contributed by atoms with Gasteiger partial charge in [-0.2, -0.15) is 4.98 Å². The Labute approximate surface area is 130 Å². The lowest BCUT2D eigenvalue weighted by Crippen LogP contribution is -2.42. The fraction of sp³-hybridized carbons (Fsp3) is 0.500. The van der Waals surface area contributed by atoms with E-state index in [0.29, 0.717) is 0 Å². The van der Waals surface area contributed by atoms with Gasteiger partial charge in [0.25, 0.3) is 0 Å². The Morgan fingerprint density at radius 2 is 2.10 bits per heavy atom. The average molecular weight is 357 g/mol. The Balaban J connectivity index is 2.28. The van der Waals surface area contributed by atoms with Gasteiger partial charge in [0.15, 0.2) is 5.78 Å². The first-order chi connectivity index (χ1) is 9.54. The minimum Gasteiger partial charge on any atom is -0.306 e. The SMILES string of the molecule is CC(=O)C1(n2c(Br)cc3cnc(Cl)nc32)CCCCC1. The second-order valence-corrected chi connectivity index (χ2v) is 6.52. The van der Waals surface area contributed by atoms with Crippen molar-refractivity contribution >= 4 is 44.3 Å². The molecule has 4 nitrogen and oxygen atoms in total. The third-order valence-electron chi connectivity index (χ3n) is 4.23. The molecule has 0 spiro atoms. The topological polar surface area (TPSA) is 47.8 Å². The third-order valence-corrected chi connectivity index (χ3v) is 5.00. The Kier molecular flexibility index (Phi) is 3.58. The van der Waals surface area contributed by atoms with Crippen LogP contribution in [0.15, 0.2) is 16.9 Å². The smallest absolute Gasteiger partial charge is 0.224 e. The number of aromatic nitrogens is 3. The van der Waals surface area contributed by atoms with Crippen LogP contribution in [0.3, 0.4) is 0 Å². The Hall–Kier alpha value is -0.940. The molecule has 2 aromatic rings. The lowest BCUT2D eigenvalue weighted by molar-refractivity contribution is -0.127. The molecule has 0 radical (unpaired) electrons. The number of carbonyl (C=O) groups excluding carboxylic acids is 1. The normalized spacial score (nSPS) is 18.4. The zero-order chi connectivity index (χ0) is 14.3. The first kappa shape index (κ1) is 14.0. The number of halogens is 2. The molecule has 0 amide bonds. The number of fused-ring (bicyclic) bond motifs is 1. The van der Waals surface area contributed by atoms with E-state index in [9.17, 15) is 4.79 Å². The predicted octanol–water partition coefficient (Wildman–Crippen LogP) is 4.10. The summed E-state index contributed by atoms with van der Waals surface area (Å²) in [5.74, 6) is 0.185. The standard InChI is InChI=1S/C14H15BrClN3O/c1-9(20)14(5-3-2-4-6-14)19-11(15)7-10-8-17-13(16)18-12(10)19/h7-8H,2-6H2,1H3. The summed E-state index contributed by atoms with van der Waals surface area (Å²) >= 11 is 9.50. The molecule has 0 N–H and O–H groups in total. The number of Topliss-reactive ketones (excluding diaryl/α,β-unsaturated/α-hetero) is 1. The Morgan fingerprint density at radius 3 is 2.75 bits per heavy atom. The van der Waals surface area contributed by atoms with E-state index in [0.717, 1.165) is 41.3 Å². The first-order valence-corrected chi connectivity index (χ1v) is 7.93. The number of rotatable bonds is 2. The van der Waals surface area contributed by atoms with E-state index in [2.05, 4.69) is 25.9 Å². The molecule has 0 bridgehead atoms. The molecule has 1 saturated carbocycles. The summed E-state index contributed by atoms with van der Waals surface area (Å²) in [6.45, 7) is 1.67. The van der Waals surface area contributed by atoms with E-state index >= 15 is 0 Å². The monoisotopic (exact) mass is 355 g/mol. The molecule has 0 aromatic carbocycles. The quantitative estimate of drug-likeness (QED) is 0.761. The number of nitrogens with zero attached hydrogens (tertiary/aromatic N) is 3. The summed E-state index contributed by atoms with van der Waals surface area (Å²) in [5.41, 5.74) is 0.227. The highest BCUT2D eigenvalue weighted by Gasteiger charge is 2.40. The van der Waals surface area contributed by atoms with E-state index in [1.165, 1.54) is 6.42 Å². The fourth-order valence-corrected chi connectivity index (χ4v) is 4.10. The second-order valence-electron chi connectivity index (χ2n) is 5.37. The van der Waals surface area contributed by atoms with Crippen molar-refractivity contribution in [1.29, 1.82) is 0 Å². The fourth-order valence-electron chi connectivity index (χ4n) is 3.21. The maximum absolute atomic E-state index is 12.4. The van der Waals surface area contributed by atoms with E-state index in [1.54, 1.807) is 13.1 Å². The molecule has 106 valence electrons. The zero-order valence-corrected chi connectivity index (χ0v) is 13.5. The van der Waals surface area contributed by atoms with Crippen LogP contribution in [0.4, 0.5) is 0 Å². The molecule has 1 aliphatic carbocycles. The Morgan fingerprint density at radius 1 is 1.40 bits per heavy atom. The van der Waals surface area contributed by atoms with Crippen molar-refractivity contribution in [3.05, 3.63) is 22.1 Å². The van der Waals surface area contributed by atoms with Gasteiger partial charge >= 0.3 is 0 Å². The minimum atomic E-state index is -0.503. The van der Waals surface area contributed by atoms with Crippen LogP contribution in [0.5, 0.6) is 0 Å². The van der Waals surface area contributed by atoms with E-state index in [4.69, 9.17) is 11.6 Å². The van der Waals surface area contributed by atoms with Crippen LogP contribution in [0.2, 0.25) is 5.28 Å². The average Bonchev–Trinajstić information content (AvgIpc) is 2.75. The lowest BCUT2D eigenvalue weighted by atomic mass is 9.78. The van der Waals surface area contributed by atoms with Crippen molar-refractivity contribution in [3.63, 3.8) is 0 Å². The summed E-state index contributed by atoms with van der Waals surface area (Å²) in [4.78, 5) is 20.7. The first-order valence-electron chi connectivity index (χ1n) is 6.76. The van der Waals surface area contributed by atoms with Crippen LogP contribution in [0.25, 0.3) is 11.0 Å². The summed E-state index contributed by atoms with van der Waals surface area (Å²) in [6, 6.07) is 1.95. The van der Waals surface area contributed by atoms with Crippen molar-refractivity contribution < 1.29 is 4.79 Å². The molecule has 0 aliphatic heterocycles. The largest absolute Gasteiger partial charge is 0.306 e. The van der Waals surface area contributed by atoms with Gasteiger partial charge in [-0.1, -0.05) is 19.3 Å². The van der Waals surface area contributed by atoms with Crippen LogP contribution < -0.4 is 0 Å². The highest BCUT2D eigenvalue weighted by Crippen LogP contribution is 2.41. The lowest BCUT2D eigenvalue weighted by Gasteiger charge is -2.37. The number of ketones is 1. The number of hydrogen-bond acceptors (Lipinski definition) is 3. The molecule has 2 aromatic heterocycles. The molecule has 1 fully saturated rings. The van der Waals surface area contributed by atoms with Gasteiger partial charge in [-0.3, -0.25) is 4.79 Å². The molecule has 1 aliphatic rings. The van der Waals surface area contributed by atoms with Crippen LogP contribution in [-0.2, 0) is 10.3 Å². The van der Waals surface area contributed by atoms with Crippen LogP contribution >= 0.6 is 27.5 Å². The summed E-state index contributed by atoms with van der Waals surface area (Å²) in [6.07, 6.45) is 6.71. The predicted molar refractivity (Wildman–Crippen MR) is 82.0 cm³/mol. The summed E-state index contributed by atoms with van der Waals surface area (Å²) in [5, 5.41) is 1.10. The highest BCUT2D eigenvalue weighted by atomic mass is 79.9. The molecule has 0 saturated heterocycles. The molecule has 0 atom stereocenters. The maximum atomic E-state index is 12.4. The number of carbonyl (C=O) groups is 1. The molecular formula is C14H15BrClN3O. The maximum Gasteiger partial charge on any atom is 0.224 e. The molecule has 6 heteroatoms. The third kappa shape index (κ3) is 2.07. The molecule has 3 rings (SSSR count). The van der Waals surface area contributed by atoms with Crippen molar-refractivity contribution in [2.75, 3.05) is 0 Å². The van der Waals surface area contributed by atoms with Gasteiger partial charge in [-0.25, -0.2) is 4.98 Å². The van der Waals surface area contributed by atoms with E-state index in [1.807, 2.05) is 10.6 Å². The summed E-state index contributed by atoms with van der Waals surface area (Å²) in [7, 11) is 0. The van der Waals surface area contributed by atoms with E-state index < -0.39 is 5.54 Å². The van der Waals surface area contributed by atoms with Gasteiger partial charge in [0.05, 0.1) is 4.60 Å². The molecular weight excluding hydrogens is 342 g/mol. The van der Waals surface area contributed by atoms with Crippen molar-refractivity contribution in [2.24, 2.45) is 0 Å². The van der Waals surface area contributed by atoms with Gasteiger partial charge in [-0.15, -0.1) is 0 Å². The summed E-state index contributed by atoms with van der Waals surface area (Å²) < 4.78 is 2.87. The van der Waals surface area contributed by atoms with Crippen molar-refractivity contribution in [1.82, 2.24) is 14.5 Å². The van der Waals surface area contributed by atoms with Gasteiger partial charge < -0.3 is 4.57 Å². The van der Waals surface area contributed by atoms with Gasteiger partial charge in [0, 0.05) is 11.6 Å². The molecule has 20 heavy (non-hydrogen) atoms. The van der Waals surface area contributed by atoms with Crippen LogP contribution in [-0.4, -0.2) is 20.3 Å². The second kappa shape index (κ2) is 5.11. The van der Waals surface area contributed by atoms with Gasteiger partial charge in [-0.05, 0) is 53.4 Å². The number of hydrogen-bond donors (Lipinski definition) is 0. The van der Waals surface area contributed by atoms with Crippen LogP contribution in [0, 0.1) is 0 Å². The minimum absolute atomic E-state index is 0.185. The van der Waals surface area contributed by atoms with Gasteiger partial charge in [0.1, 0.15) is 11.2 Å². The zero-order valence-electron chi connectivity index (χ0n) is 11.2. The highest BCUT2D eigenvalue weighted by molar-refractivity contribution is 9.10. The molecule has 0 unspecified atom stereocenters. The van der Waals surface area contributed by atoms with Crippen molar-refractivity contribution in [2.45, 2.75) is 44.6 Å². The molecule has 2 heterocycles. The van der Waals surface area contributed by atoms with E-state index in [-0.39, 0.29) is 11.1 Å². The Bertz CT molecular complexity index is 676. The van der Waals surface area contributed by atoms with Gasteiger partial charge in [0.2, 0.25) is 5.28 Å². The van der Waals surface area contributed by atoms with Crippen LogP contribution in [0.1, 0.15) is 39.0 Å². The van der Waals surface area contributed by atoms with Crippen molar-refractivity contribution in [3.8, 4) is 0 Å².